The number of rotatable bonds is 7. The Morgan fingerprint density at radius 1 is 0.967 bits per heavy atom. The van der Waals surface area contributed by atoms with E-state index in [4.69, 9.17) is 0 Å². The Labute approximate surface area is 172 Å². The van der Waals surface area contributed by atoms with Crippen LogP contribution in [-0.4, -0.2) is 30.4 Å². The van der Waals surface area contributed by atoms with E-state index in [1.807, 2.05) is 0 Å². The molecule has 0 saturated carbocycles. The molecule has 0 saturated heterocycles. The Morgan fingerprint density at radius 2 is 1.67 bits per heavy atom. The molecule has 1 unspecified atom stereocenters. The van der Waals surface area contributed by atoms with Crippen molar-refractivity contribution in [3.8, 4) is 0 Å². The van der Waals surface area contributed by atoms with Crippen molar-refractivity contribution in [1.29, 1.82) is 0 Å². The Kier molecular flexibility index (Phi) is 6.42. The topological polar surface area (TPSA) is 70.5 Å². The molecule has 9 heteroatoms. The van der Waals surface area contributed by atoms with Gasteiger partial charge in [0.1, 0.15) is 6.10 Å². The highest BCUT2D eigenvalue weighted by Crippen LogP contribution is 2.30. The van der Waals surface area contributed by atoms with Crippen LogP contribution in [-0.2, 0) is 16.6 Å². The number of benzene rings is 2. The van der Waals surface area contributed by atoms with Gasteiger partial charge in [-0.15, -0.1) is 0 Å². The SMILES string of the molecule is O=S(=O)(CC(F)(F)F)N(Cc1cccnc1)c1cccc(C(O)c2ccccc2)c1. The fourth-order valence-electron chi connectivity index (χ4n) is 2.97. The number of hydrogen-bond donors (Lipinski definition) is 1. The average Bonchev–Trinajstić information content (AvgIpc) is 2.71. The van der Waals surface area contributed by atoms with E-state index in [2.05, 4.69) is 4.98 Å². The summed E-state index contributed by atoms with van der Waals surface area (Å²) in [6.45, 7) is -0.322. The number of pyridine rings is 1. The van der Waals surface area contributed by atoms with E-state index in [0.717, 1.165) is 0 Å². The first-order chi connectivity index (χ1) is 14.2. The summed E-state index contributed by atoms with van der Waals surface area (Å²) in [6, 6.07) is 17.7. The first kappa shape index (κ1) is 21.8. The molecule has 5 nitrogen and oxygen atoms in total. The van der Waals surface area contributed by atoms with Gasteiger partial charge in [0.05, 0.1) is 12.2 Å². The maximum absolute atomic E-state index is 12.9. The lowest BCUT2D eigenvalue weighted by Gasteiger charge is -2.26. The van der Waals surface area contributed by atoms with E-state index >= 15 is 0 Å². The molecular formula is C21H19F3N2O3S. The zero-order valence-electron chi connectivity index (χ0n) is 15.7. The first-order valence-electron chi connectivity index (χ1n) is 8.95. The Bertz CT molecular complexity index is 1080. The zero-order valence-corrected chi connectivity index (χ0v) is 16.5. The van der Waals surface area contributed by atoms with Gasteiger partial charge in [0.15, 0.2) is 5.75 Å². The molecular weight excluding hydrogens is 417 g/mol. The molecule has 0 fully saturated rings. The van der Waals surface area contributed by atoms with Crippen LogP contribution in [0.4, 0.5) is 18.9 Å². The number of alkyl halides is 3. The van der Waals surface area contributed by atoms with Crippen LogP contribution in [0.15, 0.2) is 79.1 Å². The summed E-state index contributed by atoms with van der Waals surface area (Å²) in [6.07, 6.45) is -3.09. The van der Waals surface area contributed by atoms with E-state index in [-0.39, 0.29) is 12.2 Å². The summed E-state index contributed by atoms with van der Waals surface area (Å²) in [5.41, 5.74) is 1.39. The van der Waals surface area contributed by atoms with Gasteiger partial charge < -0.3 is 5.11 Å². The smallest absolute Gasteiger partial charge is 0.384 e. The van der Waals surface area contributed by atoms with Crippen LogP contribution >= 0.6 is 0 Å². The van der Waals surface area contributed by atoms with Gasteiger partial charge in [0.25, 0.3) is 0 Å². The summed E-state index contributed by atoms with van der Waals surface area (Å²) >= 11 is 0. The highest BCUT2D eigenvalue weighted by Gasteiger charge is 2.38. The molecule has 0 amide bonds. The summed E-state index contributed by atoms with van der Waals surface area (Å²) in [4.78, 5) is 3.89. The molecule has 3 rings (SSSR count). The van der Waals surface area contributed by atoms with Gasteiger partial charge in [-0.3, -0.25) is 9.29 Å². The Hall–Kier alpha value is -2.91. The number of aliphatic hydroxyl groups is 1. The lowest BCUT2D eigenvalue weighted by Crippen LogP contribution is -2.37. The van der Waals surface area contributed by atoms with Gasteiger partial charge in [-0.2, -0.15) is 13.2 Å². The van der Waals surface area contributed by atoms with Crippen molar-refractivity contribution in [3.63, 3.8) is 0 Å². The van der Waals surface area contributed by atoms with Gasteiger partial charge >= 0.3 is 6.18 Å². The minimum absolute atomic E-state index is 0.0237. The van der Waals surface area contributed by atoms with Crippen molar-refractivity contribution >= 4 is 15.7 Å². The van der Waals surface area contributed by atoms with Gasteiger partial charge in [-0.1, -0.05) is 48.5 Å². The summed E-state index contributed by atoms with van der Waals surface area (Å²) < 4.78 is 64.8. The molecule has 158 valence electrons. The van der Waals surface area contributed by atoms with Crippen LogP contribution in [0.2, 0.25) is 0 Å². The van der Waals surface area contributed by atoms with Crippen LogP contribution in [0.5, 0.6) is 0 Å². The van der Waals surface area contributed by atoms with E-state index in [1.54, 1.807) is 48.5 Å². The van der Waals surface area contributed by atoms with Crippen molar-refractivity contribution in [3.05, 3.63) is 95.8 Å². The van der Waals surface area contributed by atoms with Crippen LogP contribution in [0.3, 0.4) is 0 Å². The number of anilines is 1. The third-order valence-electron chi connectivity index (χ3n) is 4.32. The normalized spacial score (nSPS) is 13.1. The fraction of sp³-hybridized carbons (Fsp3) is 0.190. The number of sulfonamides is 1. The highest BCUT2D eigenvalue weighted by atomic mass is 32.2. The molecule has 1 atom stereocenters. The summed E-state index contributed by atoms with van der Waals surface area (Å²) in [5, 5.41) is 10.6. The van der Waals surface area contributed by atoms with E-state index in [9.17, 15) is 26.7 Å². The monoisotopic (exact) mass is 436 g/mol. The molecule has 2 aromatic carbocycles. The van der Waals surface area contributed by atoms with Crippen molar-refractivity contribution in [2.24, 2.45) is 0 Å². The third-order valence-corrected chi connectivity index (χ3v) is 6.02. The van der Waals surface area contributed by atoms with Crippen LogP contribution < -0.4 is 4.31 Å². The van der Waals surface area contributed by atoms with E-state index in [1.165, 1.54) is 30.6 Å². The number of nitrogens with zero attached hydrogens (tertiary/aromatic N) is 2. The largest absolute Gasteiger partial charge is 0.404 e. The van der Waals surface area contributed by atoms with Crippen molar-refractivity contribution in [2.45, 2.75) is 18.8 Å². The highest BCUT2D eigenvalue weighted by molar-refractivity contribution is 7.92. The molecule has 0 aliphatic heterocycles. The second kappa shape index (κ2) is 8.85. The molecule has 0 bridgehead atoms. The molecule has 1 heterocycles. The fourth-order valence-corrected chi connectivity index (χ4v) is 4.32. The quantitative estimate of drug-likeness (QED) is 0.606. The molecule has 0 aliphatic rings. The molecule has 0 radical (unpaired) electrons. The van der Waals surface area contributed by atoms with Crippen molar-refractivity contribution in [1.82, 2.24) is 4.98 Å². The maximum atomic E-state index is 12.9. The standard InChI is InChI=1S/C21H19F3N2O3S/c22-21(23,24)15-30(28,29)26(14-16-6-5-11-25-13-16)19-10-4-9-18(12-19)20(27)17-7-2-1-3-8-17/h1-13,20,27H,14-15H2. The van der Waals surface area contributed by atoms with Crippen LogP contribution in [0.1, 0.15) is 22.8 Å². The van der Waals surface area contributed by atoms with Gasteiger partial charge in [-0.25, -0.2) is 8.42 Å². The predicted molar refractivity (Wildman–Crippen MR) is 107 cm³/mol. The maximum Gasteiger partial charge on any atom is 0.404 e. The minimum Gasteiger partial charge on any atom is -0.384 e. The number of hydrogen-bond acceptors (Lipinski definition) is 4. The zero-order chi connectivity index (χ0) is 21.8. The number of halogens is 3. The Morgan fingerprint density at radius 3 is 2.30 bits per heavy atom. The van der Waals surface area contributed by atoms with E-state index in [0.29, 0.717) is 21.0 Å². The molecule has 30 heavy (non-hydrogen) atoms. The minimum atomic E-state index is -4.90. The van der Waals surface area contributed by atoms with Crippen molar-refractivity contribution < 1.29 is 26.7 Å². The van der Waals surface area contributed by atoms with Crippen molar-refractivity contribution in [2.75, 3.05) is 10.1 Å². The third kappa shape index (κ3) is 5.58. The van der Waals surface area contributed by atoms with Gasteiger partial charge in [0.2, 0.25) is 10.0 Å². The van der Waals surface area contributed by atoms with E-state index < -0.39 is 28.1 Å². The predicted octanol–water partition coefficient (Wildman–Crippen LogP) is 4.06. The van der Waals surface area contributed by atoms with Crippen LogP contribution in [0.25, 0.3) is 0 Å². The lowest BCUT2D eigenvalue weighted by atomic mass is 10.0. The molecule has 0 aliphatic carbocycles. The van der Waals surface area contributed by atoms with Crippen LogP contribution in [0, 0.1) is 0 Å². The van der Waals surface area contributed by atoms with Gasteiger partial charge in [-0.05, 0) is 34.9 Å². The molecule has 0 spiro atoms. The lowest BCUT2D eigenvalue weighted by molar-refractivity contribution is -0.106. The second-order valence-corrected chi connectivity index (χ2v) is 8.54. The number of aromatic nitrogens is 1. The summed E-state index contributed by atoms with van der Waals surface area (Å²) in [5.74, 6) is -1.99. The molecule has 1 aromatic heterocycles. The second-order valence-electron chi connectivity index (χ2n) is 6.65. The van der Waals surface area contributed by atoms with Gasteiger partial charge in [0, 0.05) is 12.4 Å². The average molecular weight is 436 g/mol. The summed E-state index contributed by atoms with van der Waals surface area (Å²) in [7, 11) is -4.74. The molecule has 3 aromatic rings. The first-order valence-corrected chi connectivity index (χ1v) is 10.6. The Balaban J connectivity index is 2.01. The number of aliphatic hydroxyl groups excluding tert-OH is 1. The molecule has 1 N–H and O–H groups in total.